The molecular weight excluding hydrogens is 188 g/mol. The van der Waals surface area contributed by atoms with Gasteiger partial charge in [0.25, 0.3) is 0 Å². The molecule has 2 rings (SSSR count). The predicted molar refractivity (Wildman–Crippen MR) is 65.3 cm³/mol. The molecule has 14 heavy (non-hydrogen) atoms. The second-order valence-corrected chi connectivity index (χ2v) is 5.76. The van der Waals surface area contributed by atoms with E-state index in [1.807, 2.05) is 11.3 Å². The summed E-state index contributed by atoms with van der Waals surface area (Å²) in [7, 11) is 0. The maximum absolute atomic E-state index is 2.27. The average Bonchev–Trinajstić information content (AvgIpc) is 2.50. The van der Waals surface area contributed by atoms with Crippen molar-refractivity contribution in [3.63, 3.8) is 0 Å². The van der Waals surface area contributed by atoms with Gasteiger partial charge in [0.1, 0.15) is 0 Å². The van der Waals surface area contributed by atoms with Crippen LogP contribution in [0.2, 0.25) is 0 Å². The molecule has 0 unspecified atom stereocenters. The second-order valence-electron chi connectivity index (χ2n) is 4.84. The summed E-state index contributed by atoms with van der Waals surface area (Å²) in [5, 5.41) is 3.61. The Morgan fingerprint density at radius 3 is 2.43 bits per heavy atom. The molecule has 0 saturated heterocycles. The molecule has 0 nitrogen and oxygen atoms in total. The Morgan fingerprint density at radius 1 is 1.07 bits per heavy atom. The standard InChI is InChI=1S/C13H16S/c1-9-5-6-11(13(2,3)4)12-10(9)7-8-14-12/h5-8H,1-4H3. The van der Waals surface area contributed by atoms with Gasteiger partial charge >= 0.3 is 0 Å². The van der Waals surface area contributed by atoms with Crippen LogP contribution >= 0.6 is 11.3 Å². The molecule has 0 aliphatic rings. The van der Waals surface area contributed by atoms with Gasteiger partial charge in [-0.05, 0) is 40.3 Å². The number of rotatable bonds is 0. The lowest BCUT2D eigenvalue weighted by Crippen LogP contribution is -2.11. The molecule has 0 atom stereocenters. The van der Waals surface area contributed by atoms with Crippen LogP contribution in [0.5, 0.6) is 0 Å². The van der Waals surface area contributed by atoms with Crippen LogP contribution in [-0.4, -0.2) is 0 Å². The van der Waals surface area contributed by atoms with Gasteiger partial charge in [0.05, 0.1) is 0 Å². The zero-order chi connectivity index (χ0) is 10.3. The lowest BCUT2D eigenvalue weighted by Gasteiger charge is -2.20. The first-order valence-electron chi connectivity index (χ1n) is 4.97. The van der Waals surface area contributed by atoms with E-state index >= 15 is 0 Å². The molecule has 1 aromatic heterocycles. The van der Waals surface area contributed by atoms with E-state index in [0.717, 1.165) is 0 Å². The van der Waals surface area contributed by atoms with Crippen LogP contribution in [0.1, 0.15) is 31.9 Å². The van der Waals surface area contributed by atoms with Crippen molar-refractivity contribution in [1.29, 1.82) is 0 Å². The van der Waals surface area contributed by atoms with Crippen LogP contribution < -0.4 is 0 Å². The zero-order valence-corrected chi connectivity index (χ0v) is 10.0. The van der Waals surface area contributed by atoms with E-state index in [2.05, 4.69) is 51.3 Å². The summed E-state index contributed by atoms with van der Waals surface area (Å²) in [4.78, 5) is 0. The van der Waals surface area contributed by atoms with E-state index in [4.69, 9.17) is 0 Å². The first-order valence-corrected chi connectivity index (χ1v) is 5.85. The summed E-state index contributed by atoms with van der Waals surface area (Å²) in [6, 6.07) is 6.73. The number of benzene rings is 1. The highest BCUT2D eigenvalue weighted by Crippen LogP contribution is 2.34. The van der Waals surface area contributed by atoms with Gasteiger partial charge in [-0.2, -0.15) is 0 Å². The van der Waals surface area contributed by atoms with Crippen molar-refractivity contribution in [3.05, 3.63) is 34.7 Å². The summed E-state index contributed by atoms with van der Waals surface area (Å²) < 4.78 is 1.46. The molecule has 1 heteroatoms. The molecule has 2 aromatic rings. The quantitative estimate of drug-likeness (QED) is 0.592. The molecule has 0 radical (unpaired) electrons. The first kappa shape index (κ1) is 9.72. The van der Waals surface area contributed by atoms with E-state index < -0.39 is 0 Å². The Bertz CT molecular complexity index is 458. The summed E-state index contributed by atoms with van der Waals surface area (Å²) in [6.45, 7) is 9.01. The molecule has 74 valence electrons. The van der Waals surface area contributed by atoms with Crippen molar-refractivity contribution in [1.82, 2.24) is 0 Å². The topological polar surface area (TPSA) is 0 Å². The Kier molecular flexibility index (Phi) is 2.15. The third kappa shape index (κ3) is 1.46. The van der Waals surface area contributed by atoms with Gasteiger partial charge in [0.15, 0.2) is 0 Å². The van der Waals surface area contributed by atoms with Crippen LogP contribution in [0, 0.1) is 6.92 Å². The van der Waals surface area contributed by atoms with Crippen molar-refractivity contribution < 1.29 is 0 Å². The highest BCUT2D eigenvalue weighted by molar-refractivity contribution is 7.17. The minimum Gasteiger partial charge on any atom is -0.143 e. The highest BCUT2D eigenvalue weighted by Gasteiger charge is 2.17. The van der Waals surface area contributed by atoms with Crippen molar-refractivity contribution in [2.24, 2.45) is 0 Å². The third-order valence-electron chi connectivity index (χ3n) is 2.64. The number of hydrogen-bond donors (Lipinski definition) is 0. The van der Waals surface area contributed by atoms with Gasteiger partial charge in [-0.15, -0.1) is 11.3 Å². The van der Waals surface area contributed by atoms with Crippen molar-refractivity contribution in [3.8, 4) is 0 Å². The summed E-state index contributed by atoms with van der Waals surface area (Å²) >= 11 is 1.85. The van der Waals surface area contributed by atoms with Gasteiger partial charge in [0.2, 0.25) is 0 Å². The number of aryl methyl sites for hydroxylation is 1. The molecule has 0 saturated carbocycles. The fourth-order valence-corrected chi connectivity index (χ4v) is 2.99. The van der Waals surface area contributed by atoms with Gasteiger partial charge in [0, 0.05) is 4.70 Å². The van der Waals surface area contributed by atoms with E-state index in [1.54, 1.807) is 0 Å². The smallest absolute Gasteiger partial charge is 0.0382 e. The molecule has 0 aliphatic carbocycles. The summed E-state index contributed by atoms with van der Waals surface area (Å²) in [5.41, 5.74) is 3.10. The maximum atomic E-state index is 2.27. The largest absolute Gasteiger partial charge is 0.143 e. The Balaban J connectivity index is 2.80. The fraction of sp³-hybridized carbons (Fsp3) is 0.385. The van der Waals surface area contributed by atoms with Gasteiger partial charge in [-0.3, -0.25) is 0 Å². The van der Waals surface area contributed by atoms with Gasteiger partial charge in [-0.1, -0.05) is 32.9 Å². The van der Waals surface area contributed by atoms with Crippen LogP contribution in [0.3, 0.4) is 0 Å². The fourth-order valence-electron chi connectivity index (χ4n) is 1.79. The summed E-state index contributed by atoms with van der Waals surface area (Å²) in [6.07, 6.45) is 0. The normalized spacial score (nSPS) is 12.3. The van der Waals surface area contributed by atoms with Crippen LogP contribution in [0.15, 0.2) is 23.6 Å². The highest BCUT2D eigenvalue weighted by atomic mass is 32.1. The van der Waals surface area contributed by atoms with Gasteiger partial charge < -0.3 is 0 Å². The van der Waals surface area contributed by atoms with E-state index in [-0.39, 0.29) is 5.41 Å². The molecule has 0 spiro atoms. The molecule has 1 heterocycles. The lowest BCUT2D eigenvalue weighted by atomic mass is 9.86. The van der Waals surface area contributed by atoms with Crippen molar-refractivity contribution in [2.45, 2.75) is 33.1 Å². The maximum Gasteiger partial charge on any atom is 0.0382 e. The zero-order valence-electron chi connectivity index (χ0n) is 9.22. The average molecular weight is 204 g/mol. The van der Waals surface area contributed by atoms with Crippen LogP contribution in [0.25, 0.3) is 10.1 Å². The van der Waals surface area contributed by atoms with Crippen LogP contribution in [0.4, 0.5) is 0 Å². The molecule has 0 bridgehead atoms. The van der Waals surface area contributed by atoms with E-state index in [0.29, 0.717) is 0 Å². The van der Waals surface area contributed by atoms with Gasteiger partial charge in [-0.25, -0.2) is 0 Å². The van der Waals surface area contributed by atoms with Crippen molar-refractivity contribution in [2.75, 3.05) is 0 Å². The number of fused-ring (bicyclic) bond motifs is 1. The molecule has 0 N–H and O–H groups in total. The summed E-state index contributed by atoms with van der Waals surface area (Å²) in [5.74, 6) is 0. The third-order valence-corrected chi connectivity index (χ3v) is 3.59. The first-order chi connectivity index (χ1) is 6.50. The van der Waals surface area contributed by atoms with E-state index in [1.165, 1.54) is 21.2 Å². The SMILES string of the molecule is Cc1ccc(C(C)(C)C)c2sccc12. The van der Waals surface area contributed by atoms with E-state index in [9.17, 15) is 0 Å². The lowest BCUT2D eigenvalue weighted by molar-refractivity contribution is 0.596. The van der Waals surface area contributed by atoms with Crippen molar-refractivity contribution >= 4 is 21.4 Å². The Morgan fingerprint density at radius 2 is 1.79 bits per heavy atom. The molecular formula is C13H16S. The minimum atomic E-state index is 0.247. The molecule has 1 aromatic carbocycles. The number of thiophene rings is 1. The number of hydrogen-bond acceptors (Lipinski definition) is 1. The Hall–Kier alpha value is -0.820. The van der Waals surface area contributed by atoms with Crippen LogP contribution in [-0.2, 0) is 5.41 Å². The molecule has 0 aliphatic heterocycles. The monoisotopic (exact) mass is 204 g/mol. The second kappa shape index (κ2) is 3.09. The minimum absolute atomic E-state index is 0.247. The molecule has 0 amide bonds. The molecule has 0 fully saturated rings. The Labute approximate surface area is 89.6 Å². The predicted octanol–water partition coefficient (Wildman–Crippen LogP) is 4.51.